The minimum atomic E-state index is -0.140. The topological polar surface area (TPSA) is 58.4 Å². The second-order valence-corrected chi connectivity index (χ2v) is 6.52. The van der Waals surface area contributed by atoms with Gasteiger partial charge < -0.3 is 11.1 Å². The second kappa shape index (κ2) is 9.16. The van der Waals surface area contributed by atoms with E-state index in [0.29, 0.717) is 39.8 Å². The molecule has 1 saturated heterocycles. The lowest BCUT2D eigenvalue weighted by Gasteiger charge is -2.31. The number of halogens is 4. The van der Waals surface area contributed by atoms with Gasteiger partial charge in [0.25, 0.3) is 0 Å². The number of carbonyl (C=O) groups is 1. The number of likely N-dealkylation sites (tertiary alicyclic amines) is 1. The predicted octanol–water partition coefficient (Wildman–Crippen LogP) is 3.68. The summed E-state index contributed by atoms with van der Waals surface area (Å²) in [5, 5.41) is 3.85. The number of hydrogen-bond donors (Lipinski definition) is 2. The highest BCUT2D eigenvalue weighted by Crippen LogP contribution is 2.33. The van der Waals surface area contributed by atoms with Gasteiger partial charge in [-0.1, -0.05) is 34.8 Å². The molecule has 1 aliphatic heterocycles. The Morgan fingerprint density at radius 2 is 1.95 bits per heavy atom. The van der Waals surface area contributed by atoms with Gasteiger partial charge in [-0.25, -0.2) is 0 Å². The Kier molecular flexibility index (Phi) is 8.25. The van der Waals surface area contributed by atoms with Crippen LogP contribution in [0.4, 0.5) is 5.69 Å². The van der Waals surface area contributed by atoms with Crippen LogP contribution in [-0.2, 0) is 4.79 Å². The molecule has 1 aromatic rings. The summed E-state index contributed by atoms with van der Waals surface area (Å²) in [6.07, 6.45) is 2.20. The largest absolute Gasteiger partial charge is 0.330 e. The predicted molar refractivity (Wildman–Crippen MR) is 95.6 cm³/mol. The van der Waals surface area contributed by atoms with E-state index >= 15 is 0 Å². The molecule has 22 heavy (non-hydrogen) atoms. The molecular formula is C14H19Cl4N3O. The molecule has 1 aromatic carbocycles. The molecule has 1 amide bonds. The highest BCUT2D eigenvalue weighted by atomic mass is 35.5. The maximum Gasteiger partial charge on any atom is 0.238 e. The molecular weight excluding hydrogens is 368 g/mol. The zero-order valence-corrected chi connectivity index (χ0v) is 15.0. The molecule has 2 rings (SSSR count). The van der Waals surface area contributed by atoms with Crippen molar-refractivity contribution in [3.8, 4) is 0 Å². The number of nitrogens with zero attached hydrogens (tertiary/aromatic N) is 1. The van der Waals surface area contributed by atoms with Gasteiger partial charge >= 0.3 is 0 Å². The maximum atomic E-state index is 12.1. The third kappa shape index (κ3) is 5.44. The normalized spacial score (nSPS) is 18.6. The van der Waals surface area contributed by atoms with E-state index in [9.17, 15) is 4.79 Å². The van der Waals surface area contributed by atoms with Gasteiger partial charge in [0.15, 0.2) is 0 Å². The summed E-state index contributed by atoms with van der Waals surface area (Å²) in [5.74, 6) is 0.327. The second-order valence-electron chi connectivity index (χ2n) is 5.27. The van der Waals surface area contributed by atoms with Crippen molar-refractivity contribution < 1.29 is 4.79 Å². The number of amides is 1. The molecule has 1 aliphatic rings. The minimum absolute atomic E-state index is 0. The standard InChI is InChI=1S/C14H18Cl3N3O.ClH/c15-10-4-11(16)14(12(17)5-10)19-13(21)8-20-3-1-2-9(6-18)7-20;/h4-5,9H,1-3,6-8,18H2,(H,19,21);1H. The fourth-order valence-electron chi connectivity index (χ4n) is 2.53. The van der Waals surface area contributed by atoms with Gasteiger partial charge in [-0.05, 0) is 44.0 Å². The first-order chi connectivity index (χ1) is 9.99. The summed E-state index contributed by atoms with van der Waals surface area (Å²) < 4.78 is 0. The average Bonchev–Trinajstić information content (AvgIpc) is 2.43. The van der Waals surface area contributed by atoms with Crippen molar-refractivity contribution in [2.75, 3.05) is 31.5 Å². The Morgan fingerprint density at radius 1 is 1.32 bits per heavy atom. The summed E-state index contributed by atoms with van der Waals surface area (Å²) in [5.41, 5.74) is 6.10. The quantitative estimate of drug-likeness (QED) is 0.829. The molecule has 1 fully saturated rings. The maximum absolute atomic E-state index is 12.1. The van der Waals surface area contributed by atoms with Crippen LogP contribution in [0.3, 0.4) is 0 Å². The molecule has 0 saturated carbocycles. The highest BCUT2D eigenvalue weighted by molar-refractivity contribution is 6.42. The Labute approximate surface area is 151 Å². The molecule has 4 nitrogen and oxygen atoms in total. The van der Waals surface area contributed by atoms with Crippen LogP contribution >= 0.6 is 47.2 Å². The summed E-state index contributed by atoms with van der Waals surface area (Å²) in [4.78, 5) is 14.2. The van der Waals surface area contributed by atoms with Crippen molar-refractivity contribution in [3.63, 3.8) is 0 Å². The Morgan fingerprint density at radius 3 is 2.55 bits per heavy atom. The number of rotatable bonds is 4. The number of piperidine rings is 1. The molecule has 3 N–H and O–H groups in total. The van der Waals surface area contributed by atoms with Crippen LogP contribution in [0.1, 0.15) is 12.8 Å². The number of nitrogens with one attached hydrogen (secondary N) is 1. The van der Waals surface area contributed by atoms with Gasteiger partial charge in [-0.15, -0.1) is 12.4 Å². The molecule has 124 valence electrons. The van der Waals surface area contributed by atoms with Gasteiger partial charge in [0.05, 0.1) is 22.3 Å². The van der Waals surface area contributed by atoms with E-state index in [1.807, 2.05) is 0 Å². The zero-order valence-electron chi connectivity index (χ0n) is 11.9. The van der Waals surface area contributed by atoms with Gasteiger partial charge in [0, 0.05) is 11.6 Å². The van der Waals surface area contributed by atoms with E-state index in [1.54, 1.807) is 12.1 Å². The first-order valence-corrected chi connectivity index (χ1v) is 7.99. The lowest BCUT2D eigenvalue weighted by atomic mass is 9.98. The molecule has 1 unspecified atom stereocenters. The van der Waals surface area contributed by atoms with Crippen LogP contribution in [0.2, 0.25) is 15.1 Å². The first kappa shape index (κ1) is 19.8. The number of hydrogen-bond acceptors (Lipinski definition) is 3. The first-order valence-electron chi connectivity index (χ1n) is 6.86. The van der Waals surface area contributed by atoms with Crippen LogP contribution in [0.15, 0.2) is 12.1 Å². The van der Waals surface area contributed by atoms with Crippen molar-refractivity contribution in [2.45, 2.75) is 12.8 Å². The summed E-state index contributed by atoms with van der Waals surface area (Å²) in [6.45, 7) is 2.73. The van der Waals surface area contributed by atoms with Gasteiger partial charge in [-0.2, -0.15) is 0 Å². The SMILES string of the molecule is Cl.NCC1CCCN(CC(=O)Nc2c(Cl)cc(Cl)cc2Cl)C1. The molecule has 0 bridgehead atoms. The summed E-state index contributed by atoms with van der Waals surface area (Å²) in [7, 11) is 0. The lowest BCUT2D eigenvalue weighted by molar-refractivity contribution is -0.117. The highest BCUT2D eigenvalue weighted by Gasteiger charge is 2.21. The van der Waals surface area contributed by atoms with Gasteiger partial charge in [0.1, 0.15) is 0 Å². The van der Waals surface area contributed by atoms with Crippen LogP contribution in [-0.4, -0.2) is 37.0 Å². The molecule has 0 aromatic heterocycles. The Balaban J connectivity index is 0.00000242. The van der Waals surface area contributed by atoms with E-state index in [4.69, 9.17) is 40.5 Å². The van der Waals surface area contributed by atoms with Crippen LogP contribution < -0.4 is 11.1 Å². The fraction of sp³-hybridized carbons (Fsp3) is 0.500. The van der Waals surface area contributed by atoms with Gasteiger partial charge in [-0.3, -0.25) is 9.69 Å². The number of carbonyl (C=O) groups excluding carboxylic acids is 1. The van der Waals surface area contributed by atoms with E-state index in [1.165, 1.54) is 0 Å². The molecule has 0 radical (unpaired) electrons. The Bertz CT molecular complexity index is 504. The van der Waals surface area contributed by atoms with Crippen LogP contribution in [0.25, 0.3) is 0 Å². The number of anilines is 1. The van der Waals surface area contributed by atoms with E-state index in [2.05, 4.69) is 10.2 Å². The smallest absolute Gasteiger partial charge is 0.238 e. The molecule has 0 spiro atoms. The van der Waals surface area contributed by atoms with E-state index in [0.717, 1.165) is 25.9 Å². The lowest BCUT2D eigenvalue weighted by Crippen LogP contribution is -2.42. The molecule has 1 atom stereocenters. The van der Waals surface area contributed by atoms with Crippen molar-refractivity contribution in [1.29, 1.82) is 0 Å². The van der Waals surface area contributed by atoms with Crippen molar-refractivity contribution in [1.82, 2.24) is 4.90 Å². The average molecular weight is 387 g/mol. The summed E-state index contributed by atoms with van der Waals surface area (Å²) in [6, 6.07) is 3.10. The van der Waals surface area contributed by atoms with Crippen LogP contribution in [0.5, 0.6) is 0 Å². The third-order valence-electron chi connectivity index (χ3n) is 3.57. The molecule has 8 heteroatoms. The van der Waals surface area contributed by atoms with Gasteiger partial charge in [0.2, 0.25) is 5.91 Å². The number of nitrogens with two attached hydrogens (primary N) is 1. The fourth-order valence-corrected chi connectivity index (χ4v) is 3.44. The summed E-state index contributed by atoms with van der Waals surface area (Å²) >= 11 is 18.0. The third-order valence-corrected chi connectivity index (χ3v) is 4.39. The molecule has 0 aliphatic carbocycles. The number of benzene rings is 1. The van der Waals surface area contributed by atoms with Crippen molar-refractivity contribution in [3.05, 3.63) is 27.2 Å². The van der Waals surface area contributed by atoms with E-state index < -0.39 is 0 Å². The van der Waals surface area contributed by atoms with Crippen molar-refractivity contribution in [2.24, 2.45) is 11.7 Å². The van der Waals surface area contributed by atoms with Crippen molar-refractivity contribution >= 4 is 58.8 Å². The minimum Gasteiger partial charge on any atom is -0.330 e. The van der Waals surface area contributed by atoms with E-state index in [-0.39, 0.29) is 18.3 Å². The Hall–Kier alpha value is -0.230. The monoisotopic (exact) mass is 385 g/mol. The van der Waals surface area contributed by atoms with Crippen LogP contribution in [0, 0.1) is 5.92 Å². The zero-order chi connectivity index (χ0) is 15.4. The molecule has 1 heterocycles.